The fourth-order valence-electron chi connectivity index (χ4n) is 2.24. The minimum Gasteiger partial charge on any atom is -0.364 e. The normalized spacial score (nSPS) is 19.3. The van der Waals surface area contributed by atoms with Gasteiger partial charge in [-0.15, -0.1) is 0 Å². The van der Waals surface area contributed by atoms with Crippen molar-refractivity contribution in [1.29, 1.82) is 5.26 Å². The number of piperidine rings is 1. The Hall–Kier alpha value is -2.13. The van der Waals surface area contributed by atoms with Gasteiger partial charge in [0.2, 0.25) is 0 Å². The van der Waals surface area contributed by atoms with E-state index in [4.69, 9.17) is 11.0 Å². The third-order valence-corrected chi connectivity index (χ3v) is 3.10. The summed E-state index contributed by atoms with van der Waals surface area (Å²) in [6.07, 6.45) is 1.87. The van der Waals surface area contributed by atoms with E-state index in [1.165, 1.54) is 6.07 Å². The van der Waals surface area contributed by atoms with Crippen LogP contribution in [0, 0.1) is 21.4 Å². The van der Waals surface area contributed by atoms with Crippen molar-refractivity contribution >= 4 is 11.4 Å². The quantitative estimate of drug-likeness (QED) is 0.628. The molecule has 1 saturated heterocycles. The number of hydrogen-bond donors (Lipinski definition) is 1. The highest BCUT2D eigenvalue weighted by Crippen LogP contribution is 2.30. The summed E-state index contributed by atoms with van der Waals surface area (Å²) in [6.45, 7) is 1.38. The molecule has 0 aromatic heterocycles. The Morgan fingerprint density at radius 1 is 1.56 bits per heavy atom. The number of anilines is 1. The lowest BCUT2D eigenvalue weighted by molar-refractivity contribution is -0.384. The fraction of sp³-hybridized carbons (Fsp3) is 0.417. The Balaban J connectivity index is 2.37. The first-order chi connectivity index (χ1) is 8.61. The van der Waals surface area contributed by atoms with Gasteiger partial charge in [0.05, 0.1) is 16.6 Å². The van der Waals surface area contributed by atoms with Crippen molar-refractivity contribution in [3.63, 3.8) is 0 Å². The highest BCUT2D eigenvalue weighted by Gasteiger charge is 2.24. The second-order valence-corrected chi connectivity index (χ2v) is 4.42. The Morgan fingerprint density at radius 2 is 2.33 bits per heavy atom. The van der Waals surface area contributed by atoms with Crippen LogP contribution in [0.2, 0.25) is 0 Å². The van der Waals surface area contributed by atoms with E-state index < -0.39 is 4.92 Å². The lowest BCUT2D eigenvalue weighted by Crippen LogP contribution is -2.43. The zero-order valence-corrected chi connectivity index (χ0v) is 9.87. The highest BCUT2D eigenvalue weighted by atomic mass is 16.6. The van der Waals surface area contributed by atoms with Crippen LogP contribution in [0.1, 0.15) is 18.4 Å². The molecular weight excluding hydrogens is 232 g/mol. The lowest BCUT2D eigenvalue weighted by Gasteiger charge is -2.32. The molecule has 0 aliphatic carbocycles. The van der Waals surface area contributed by atoms with E-state index in [9.17, 15) is 10.1 Å². The molecule has 6 nitrogen and oxygen atoms in total. The third-order valence-electron chi connectivity index (χ3n) is 3.10. The van der Waals surface area contributed by atoms with Crippen LogP contribution in [0.15, 0.2) is 18.2 Å². The number of nitrogens with zero attached hydrogens (tertiary/aromatic N) is 3. The molecule has 0 bridgehead atoms. The van der Waals surface area contributed by atoms with Gasteiger partial charge >= 0.3 is 0 Å². The molecule has 6 heteroatoms. The van der Waals surface area contributed by atoms with Crippen LogP contribution in [0.25, 0.3) is 0 Å². The Morgan fingerprint density at radius 3 is 2.94 bits per heavy atom. The van der Waals surface area contributed by atoms with Gasteiger partial charge in [-0.25, -0.2) is 0 Å². The minimum atomic E-state index is -0.448. The summed E-state index contributed by atoms with van der Waals surface area (Å²) in [4.78, 5) is 12.5. The SMILES string of the molecule is N#Cc1ccc(N2CCC[C@@H](N)C2)c([N+](=O)[O-])c1. The van der Waals surface area contributed by atoms with E-state index in [1.807, 2.05) is 11.0 Å². The van der Waals surface area contributed by atoms with E-state index in [-0.39, 0.29) is 11.7 Å². The van der Waals surface area contributed by atoms with Gasteiger partial charge in [-0.3, -0.25) is 10.1 Å². The van der Waals surface area contributed by atoms with Crippen LogP contribution < -0.4 is 10.6 Å². The topological polar surface area (TPSA) is 96.2 Å². The van der Waals surface area contributed by atoms with Crippen molar-refractivity contribution in [2.45, 2.75) is 18.9 Å². The molecule has 2 N–H and O–H groups in total. The summed E-state index contributed by atoms with van der Waals surface area (Å²) in [5.41, 5.74) is 6.70. The van der Waals surface area contributed by atoms with Crippen LogP contribution in [0.5, 0.6) is 0 Å². The molecule has 0 spiro atoms. The molecule has 0 radical (unpaired) electrons. The van der Waals surface area contributed by atoms with Gasteiger partial charge in [0.25, 0.3) is 5.69 Å². The van der Waals surface area contributed by atoms with Gasteiger partial charge in [0.15, 0.2) is 0 Å². The molecule has 1 heterocycles. The van der Waals surface area contributed by atoms with Crippen molar-refractivity contribution < 1.29 is 4.92 Å². The maximum atomic E-state index is 11.1. The molecule has 2 rings (SSSR count). The summed E-state index contributed by atoms with van der Waals surface area (Å²) in [7, 11) is 0. The fourth-order valence-corrected chi connectivity index (χ4v) is 2.24. The van der Waals surface area contributed by atoms with E-state index in [0.29, 0.717) is 17.8 Å². The molecule has 1 atom stereocenters. The van der Waals surface area contributed by atoms with Crippen molar-refractivity contribution in [1.82, 2.24) is 0 Å². The van der Waals surface area contributed by atoms with Gasteiger partial charge in [-0.05, 0) is 25.0 Å². The summed E-state index contributed by atoms with van der Waals surface area (Å²) < 4.78 is 0. The number of rotatable bonds is 2. The predicted octanol–water partition coefficient (Wildman–Crippen LogP) is 1.39. The molecule has 1 aliphatic rings. The number of nitro groups is 1. The number of benzene rings is 1. The molecule has 1 aliphatic heterocycles. The van der Waals surface area contributed by atoms with Gasteiger partial charge in [-0.2, -0.15) is 5.26 Å². The number of nitro benzene ring substituents is 1. The van der Waals surface area contributed by atoms with Crippen LogP contribution in [0.3, 0.4) is 0 Å². The first-order valence-electron chi connectivity index (χ1n) is 5.81. The van der Waals surface area contributed by atoms with E-state index in [0.717, 1.165) is 19.4 Å². The standard InChI is InChI=1S/C12H14N4O2/c13-7-9-3-4-11(12(6-9)16(17)18)15-5-1-2-10(14)8-15/h3-4,6,10H,1-2,5,8,14H2/t10-/m1/s1. The molecule has 0 unspecified atom stereocenters. The zero-order chi connectivity index (χ0) is 13.1. The molecule has 0 saturated carbocycles. The molecule has 18 heavy (non-hydrogen) atoms. The van der Waals surface area contributed by atoms with Gasteiger partial charge in [0.1, 0.15) is 5.69 Å². The van der Waals surface area contributed by atoms with Crippen LogP contribution in [-0.4, -0.2) is 24.1 Å². The van der Waals surface area contributed by atoms with Crippen LogP contribution >= 0.6 is 0 Å². The van der Waals surface area contributed by atoms with Gasteiger partial charge in [0, 0.05) is 25.2 Å². The smallest absolute Gasteiger partial charge is 0.293 e. The number of hydrogen-bond acceptors (Lipinski definition) is 5. The molecule has 1 fully saturated rings. The molecule has 1 aromatic carbocycles. The second kappa shape index (κ2) is 5.02. The molecular formula is C12H14N4O2. The molecule has 0 amide bonds. The Kier molecular flexibility index (Phi) is 3.44. The van der Waals surface area contributed by atoms with E-state index in [2.05, 4.69) is 0 Å². The summed E-state index contributed by atoms with van der Waals surface area (Å²) in [5.74, 6) is 0. The zero-order valence-electron chi connectivity index (χ0n) is 9.87. The number of nitriles is 1. The Bertz CT molecular complexity index is 509. The first-order valence-corrected chi connectivity index (χ1v) is 5.81. The summed E-state index contributed by atoms with van der Waals surface area (Å²) in [5, 5.41) is 19.8. The maximum absolute atomic E-state index is 11.1. The highest BCUT2D eigenvalue weighted by molar-refractivity contribution is 5.65. The Labute approximate surface area is 105 Å². The monoisotopic (exact) mass is 246 g/mol. The number of nitrogens with two attached hydrogens (primary N) is 1. The second-order valence-electron chi connectivity index (χ2n) is 4.42. The molecule has 1 aromatic rings. The summed E-state index contributed by atoms with van der Waals surface area (Å²) >= 11 is 0. The summed E-state index contributed by atoms with van der Waals surface area (Å²) in [6, 6.07) is 6.51. The largest absolute Gasteiger partial charge is 0.364 e. The minimum absolute atomic E-state index is 0.0249. The van der Waals surface area contributed by atoms with Crippen LogP contribution in [-0.2, 0) is 0 Å². The molecule has 94 valence electrons. The first kappa shape index (κ1) is 12.3. The predicted molar refractivity (Wildman–Crippen MR) is 67.2 cm³/mol. The van der Waals surface area contributed by atoms with Crippen molar-refractivity contribution in [2.75, 3.05) is 18.0 Å². The van der Waals surface area contributed by atoms with Crippen molar-refractivity contribution in [2.24, 2.45) is 5.73 Å². The third kappa shape index (κ3) is 2.41. The van der Waals surface area contributed by atoms with Crippen molar-refractivity contribution in [3.05, 3.63) is 33.9 Å². The van der Waals surface area contributed by atoms with E-state index >= 15 is 0 Å². The van der Waals surface area contributed by atoms with E-state index in [1.54, 1.807) is 12.1 Å². The maximum Gasteiger partial charge on any atom is 0.293 e. The lowest BCUT2D eigenvalue weighted by atomic mass is 10.0. The van der Waals surface area contributed by atoms with Crippen molar-refractivity contribution in [3.8, 4) is 6.07 Å². The average Bonchev–Trinajstić information content (AvgIpc) is 2.38. The van der Waals surface area contributed by atoms with Crippen LogP contribution in [0.4, 0.5) is 11.4 Å². The van der Waals surface area contributed by atoms with Gasteiger partial charge < -0.3 is 10.6 Å². The van der Waals surface area contributed by atoms with Gasteiger partial charge in [-0.1, -0.05) is 0 Å². The average molecular weight is 246 g/mol.